The fourth-order valence-corrected chi connectivity index (χ4v) is 3.28. The second-order valence-electron chi connectivity index (χ2n) is 4.98. The third-order valence-electron chi connectivity index (χ3n) is 3.06. The van der Waals surface area contributed by atoms with E-state index in [2.05, 4.69) is 10.0 Å². The minimum atomic E-state index is -3.26. The van der Waals surface area contributed by atoms with Crippen LogP contribution in [0.2, 0.25) is 5.02 Å². The van der Waals surface area contributed by atoms with Crippen molar-refractivity contribution >= 4 is 38.7 Å². The first kappa shape index (κ1) is 16.6. The van der Waals surface area contributed by atoms with Crippen molar-refractivity contribution in [1.82, 2.24) is 0 Å². The molecule has 0 amide bonds. The van der Waals surface area contributed by atoms with Gasteiger partial charge in [-0.05, 0) is 55.0 Å². The number of hydrogen-bond acceptors (Lipinski definition) is 3. The summed E-state index contributed by atoms with van der Waals surface area (Å²) < 4.78 is 26.2. The van der Waals surface area contributed by atoms with Gasteiger partial charge in [-0.15, -0.1) is 0 Å². The number of benzene rings is 2. The van der Waals surface area contributed by atoms with Gasteiger partial charge in [0.1, 0.15) is 0 Å². The molecule has 118 valence electrons. The van der Waals surface area contributed by atoms with Crippen LogP contribution in [0.5, 0.6) is 0 Å². The van der Waals surface area contributed by atoms with Gasteiger partial charge in [0.2, 0.25) is 10.0 Å². The highest BCUT2D eigenvalue weighted by Gasteiger charge is 2.09. The van der Waals surface area contributed by atoms with Crippen LogP contribution >= 0.6 is 11.6 Å². The van der Waals surface area contributed by atoms with Crippen molar-refractivity contribution < 1.29 is 8.42 Å². The van der Waals surface area contributed by atoms with Crippen molar-refractivity contribution in [2.45, 2.75) is 19.8 Å². The first-order valence-electron chi connectivity index (χ1n) is 7.11. The van der Waals surface area contributed by atoms with Gasteiger partial charge in [0.25, 0.3) is 0 Å². The second kappa shape index (κ2) is 7.51. The number of sulfonamides is 1. The number of nitrogens with one attached hydrogen (secondary N) is 2. The van der Waals surface area contributed by atoms with Gasteiger partial charge in [-0.2, -0.15) is 0 Å². The zero-order chi connectivity index (χ0) is 16.0. The van der Waals surface area contributed by atoms with Crippen LogP contribution in [0.25, 0.3) is 0 Å². The van der Waals surface area contributed by atoms with Crippen molar-refractivity contribution in [2.24, 2.45) is 0 Å². The minimum absolute atomic E-state index is 0.147. The van der Waals surface area contributed by atoms with Crippen LogP contribution in [0, 0.1) is 0 Å². The van der Waals surface area contributed by atoms with E-state index in [9.17, 15) is 8.42 Å². The molecule has 2 aromatic carbocycles. The van der Waals surface area contributed by atoms with E-state index < -0.39 is 10.0 Å². The molecular formula is C16H19ClN2O2S. The topological polar surface area (TPSA) is 58.2 Å². The highest BCUT2D eigenvalue weighted by atomic mass is 35.5. The molecular weight excluding hydrogens is 320 g/mol. The molecule has 4 nitrogen and oxygen atoms in total. The molecule has 22 heavy (non-hydrogen) atoms. The predicted molar refractivity (Wildman–Crippen MR) is 93.5 cm³/mol. The Labute approximate surface area is 136 Å². The number of hydrogen-bond donors (Lipinski definition) is 2. The van der Waals surface area contributed by atoms with Gasteiger partial charge in [0.05, 0.1) is 5.75 Å². The summed E-state index contributed by atoms with van der Waals surface area (Å²) in [4.78, 5) is 0. The van der Waals surface area contributed by atoms with E-state index in [0.29, 0.717) is 17.1 Å². The molecule has 0 aliphatic heterocycles. The highest BCUT2D eigenvalue weighted by molar-refractivity contribution is 7.92. The quantitative estimate of drug-likeness (QED) is 0.774. The smallest absolute Gasteiger partial charge is 0.232 e. The van der Waals surface area contributed by atoms with Crippen LogP contribution < -0.4 is 10.0 Å². The molecule has 0 aliphatic rings. The summed E-state index contributed by atoms with van der Waals surface area (Å²) >= 11 is 5.84. The Kier molecular flexibility index (Phi) is 5.69. The fourth-order valence-electron chi connectivity index (χ4n) is 1.89. The number of anilines is 3. The monoisotopic (exact) mass is 338 g/mol. The molecule has 0 saturated heterocycles. The molecule has 0 heterocycles. The first-order chi connectivity index (χ1) is 10.5. The minimum Gasteiger partial charge on any atom is -0.356 e. The van der Waals surface area contributed by atoms with Crippen LogP contribution in [0.1, 0.15) is 19.8 Å². The number of unbranched alkanes of at least 4 members (excludes halogenated alkanes) is 1. The van der Waals surface area contributed by atoms with Crippen molar-refractivity contribution in [3.05, 3.63) is 53.6 Å². The van der Waals surface area contributed by atoms with Gasteiger partial charge in [-0.1, -0.05) is 24.9 Å². The first-order valence-corrected chi connectivity index (χ1v) is 9.15. The van der Waals surface area contributed by atoms with Gasteiger partial charge in [0, 0.05) is 22.1 Å². The van der Waals surface area contributed by atoms with Crippen LogP contribution in [0.3, 0.4) is 0 Å². The normalized spacial score (nSPS) is 11.2. The molecule has 0 atom stereocenters. The zero-order valence-corrected chi connectivity index (χ0v) is 13.9. The molecule has 2 N–H and O–H groups in total. The van der Waals surface area contributed by atoms with E-state index >= 15 is 0 Å². The third kappa shape index (κ3) is 5.24. The van der Waals surface area contributed by atoms with E-state index in [4.69, 9.17) is 11.6 Å². The van der Waals surface area contributed by atoms with Crippen LogP contribution in [0.4, 0.5) is 17.1 Å². The number of halogens is 1. The summed E-state index contributed by atoms with van der Waals surface area (Å²) in [5, 5.41) is 3.90. The van der Waals surface area contributed by atoms with Crippen molar-refractivity contribution in [1.29, 1.82) is 0 Å². The predicted octanol–water partition coefficient (Wildman–Crippen LogP) is 4.63. The Hall–Kier alpha value is -1.72. The average Bonchev–Trinajstić information content (AvgIpc) is 2.49. The number of rotatable bonds is 7. The SMILES string of the molecule is CCCCS(=O)(=O)Nc1ccc(Nc2ccc(Cl)cc2)cc1. The van der Waals surface area contributed by atoms with E-state index in [1.165, 1.54) is 0 Å². The summed E-state index contributed by atoms with van der Waals surface area (Å²) in [6.45, 7) is 1.97. The summed E-state index contributed by atoms with van der Waals surface area (Å²) in [6.07, 6.45) is 1.51. The summed E-state index contributed by atoms with van der Waals surface area (Å²) in [7, 11) is -3.26. The molecule has 0 spiro atoms. The third-order valence-corrected chi connectivity index (χ3v) is 4.68. The summed E-state index contributed by atoms with van der Waals surface area (Å²) in [5.74, 6) is 0.147. The lowest BCUT2D eigenvalue weighted by atomic mass is 10.2. The maximum Gasteiger partial charge on any atom is 0.232 e. The van der Waals surface area contributed by atoms with Crippen molar-refractivity contribution in [2.75, 3.05) is 15.8 Å². The lowest BCUT2D eigenvalue weighted by Crippen LogP contribution is -2.16. The van der Waals surface area contributed by atoms with E-state index in [-0.39, 0.29) is 5.75 Å². The largest absolute Gasteiger partial charge is 0.356 e. The zero-order valence-electron chi connectivity index (χ0n) is 12.3. The lowest BCUT2D eigenvalue weighted by molar-refractivity contribution is 0.598. The Bertz CT molecular complexity index is 698. The van der Waals surface area contributed by atoms with Gasteiger partial charge in [0.15, 0.2) is 0 Å². The second-order valence-corrected chi connectivity index (χ2v) is 7.26. The molecule has 0 bridgehead atoms. The van der Waals surface area contributed by atoms with Gasteiger partial charge in [-0.3, -0.25) is 4.72 Å². The maximum absolute atomic E-state index is 11.8. The van der Waals surface area contributed by atoms with Gasteiger partial charge >= 0.3 is 0 Å². The van der Waals surface area contributed by atoms with Crippen molar-refractivity contribution in [3.8, 4) is 0 Å². The molecule has 0 radical (unpaired) electrons. The average molecular weight is 339 g/mol. The summed E-state index contributed by atoms with van der Waals surface area (Å²) in [5.41, 5.74) is 2.36. The van der Waals surface area contributed by atoms with E-state index in [1.54, 1.807) is 24.3 Å². The highest BCUT2D eigenvalue weighted by Crippen LogP contribution is 2.21. The Morgan fingerprint density at radius 3 is 1.95 bits per heavy atom. The van der Waals surface area contributed by atoms with Crippen LogP contribution in [0.15, 0.2) is 48.5 Å². The van der Waals surface area contributed by atoms with Crippen LogP contribution in [-0.4, -0.2) is 14.2 Å². The molecule has 2 rings (SSSR count). The molecule has 0 fully saturated rings. The fraction of sp³-hybridized carbons (Fsp3) is 0.250. The Morgan fingerprint density at radius 2 is 1.41 bits per heavy atom. The molecule has 6 heteroatoms. The molecule has 0 aromatic heterocycles. The Balaban J connectivity index is 1.99. The molecule has 0 unspecified atom stereocenters. The molecule has 0 saturated carbocycles. The molecule has 0 aliphatic carbocycles. The van der Waals surface area contributed by atoms with Gasteiger partial charge in [-0.25, -0.2) is 8.42 Å². The lowest BCUT2D eigenvalue weighted by Gasteiger charge is -2.10. The van der Waals surface area contributed by atoms with Crippen LogP contribution in [-0.2, 0) is 10.0 Å². The molecule has 2 aromatic rings. The van der Waals surface area contributed by atoms with E-state index in [1.807, 2.05) is 31.2 Å². The standard InChI is InChI=1S/C16H19ClN2O2S/c1-2-3-12-22(20,21)19-16-10-8-15(9-11-16)18-14-6-4-13(17)5-7-14/h4-11,18-19H,2-3,12H2,1H3. The van der Waals surface area contributed by atoms with Crippen molar-refractivity contribution in [3.63, 3.8) is 0 Å². The van der Waals surface area contributed by atoms with E-state index in [0.717, 1.165) is 17.8 Å². The maximum atomic E-state index is 11.8. The summed E-state index contributed by atoms with van der Waals surface area (Å²) in [6, 6.07) is 14.5. The Morgan fingerprint density at radius 1 is 0.909 bits per heavy atom. The van der Waals surface area contributed by atoms with Gasteiger partial charge < -0.3 is 5.32 Å².